The van der Waals surface area contributed by atoms with E-state index in [2.05, 4.69) is 5.32 Å². The average molecular weight is 389 g/mol. The van der Waals surface area contributed by atoms with Crippen LogP contribution in [0.3, 0.4) is 0 Å². The second kappa shape index (κ2) is 8.95. The van der Waals surface area contributed by atoms with Gasteiger partial charge in [-0.15, -0.1) is 0 Å². The normalized spacial score (nSPS) is 17.4. The number of methoxy groups -OCH3 is 2. The van der Waals surface area contributed by atoms with E-state index in [9.17, 15) is 14.4 Å². The first kappa shape index (κ1) is 20.0. The van der Waals surface area contributed by atoms with Crippen LogP contribution in [0.5, 0.6) is 5.75 Å². The van der Waals surface area contributed by atoms with Gasteiger partial charge in [-0.2, -0.15) is 0 Å². The van der Waals surface area contributed by atoms with Crippen LogP contribution < -0.4 is 10.1 Å². The molecule has 3 rings (SSSR count). The molecule has 0 bridgehead atoms. The Labute approximate surface area is 164 Å². The number of ether oxygens (including phenoxy) is 2. The van der Waals surface area contributed by atoms with Crippen LogP contribution in [0.4, 0.5) is 10.5 Å². The summed E-state index contributed by atoms with van der Waals surface area (Å²) in [5.41, 5.74) is 0.735. The first-order valence-corrected chi connectivity index (χ1v) is 9.64. The largest absolute Gasteiger partial charge is 0.495 e. The number of hydrogen-bond donors (Lipinski definition) is 1. The molecule has 1 N–H and O–H groups in total. The van der Waals surface area contributed by atoms with Crippen molar-refractivity contribution in [3.8, 4) is 5.75 Å². The number of hydrogen-bond acceptors (Lipinski definition) is 5. The molecule has 28 heavy (non-hydrogen) atoms. The van der Waals surface area contributed by atoms with Gasteiger partial charge in [0.1, 0.15) is 5.75 Å². The summed E-state index contributed by atoms with van der Waals surface area (Å²) in [5.74, 6) is 0.198. The summed E-state index contributed by atoms with van der Waals surface area (Å²) in [6, 6.07) is 4.46. The summed E-state index contributed by atoms with van der Waals surface area (Å²) in [7, 11) is 2.80. The maximum atomic E-state index is 12.7. The molecule has 2 fully saturated rings. The number of urea groups is 1. The van der Waals surface area contributed by atoms with E-state index < -0.39 is 5.97 Å². The third kappa shape index (κ3) is 4.37. The first-order valence-electron chi connectivity index (χ1n) is 9.64. The van der Waals surface area contributed by atoms with Gasteiger partial charge < -0.3 is 24.6 Å². The first-order chi connectivity index (χ1) is 13.5. The highest BCUT2D eigenvalue weighted by Gasteiger charge is 2.31. The van der Waals surface area contributed by atoms with Gasteiger partial charge in [-0.1, -0.05) is 0 Å². The van der Waals surface area contributed by atoms with E-state index in [0.717, 1.165) is 25.9 Å². The van der Waals surface area contributed by atoms with Crippen molar-refractivity contribution in [1.82, 2.24) is 9.80 Å². The van der Waals surface area contributed by atoms with Crippen LogP contribution in [0.1, 0.15) is 36.0 Å². The minimum atomic E-state index is -0.487. The summed E-state index contributed by atoms with van der Waals surface area (Å²) in [5, 5.41) is 2.81. The standard InChI is InChI=1S/C20H27N3O5/c1-27-17-6-5-15(19(25)28-2)13-16(17)21-20(26)23-11-7-14(8-12-23)18(24)22-9-3-4-10-22/h5-6,13-14H,3-4,7-12H2,1-2H3,(H,21,26). The fraction of sp³-hybridized carbons (Fsp3) is 0.550. The van der Waals surface area contributed by atoms with Gasteiger partial charge in [0.25, 0.3) is 0 Å². The zero-order chi connectivity index (χ0) is 20.1. The van der Waals surface area contributed by atoms with Gasteiger partial charge in [-0.25, -0.2) is 9.59 Å². The number of benzene rings is 1. The highest BCUT2D eigenvalue weighted by molar-refractivity contribution is 5.95. The number of carbonyl (C=O) groups excluding carboxylic acids is 3. The Balaban J connectivity index is 1.59. The Morgan fingerprint density at radius 2 is 1.68 bits per heavy atom. The summed E-state index contributed by atoms with van der Waals surface area (Å²) in [6.07, 6.45) is 3.50. The zero-order valence-electron chi connectivity index (χ0n) is 16.4. The number of amides is 3. The summed E-state index contributed by atoms with van der Waals surface area (Å²) in [4.78, 5) is 40.6. The predicted octanol–water partition coefficient (Wildman–Crippen LogP) is 2.35. The number of nitrogens with zero attached hydrogens (tertiary/aromatic N) is 2. The Kier molecular flexibility index (Phi) is 6.38. The van der Waals surface area contributed by atoms with E-state index in [4.69, 9.17) is 9.47 Å². The quantitative estimate of drug-likeness (QED) is 0.799. The third-order valence-electron chi connectivity index (χ3n) is 5.41. The van der Waals surface area contributed by atoms with Crippen molar-refractivity contribution in [1.29, 1.82) is 0 Å². The van der Waals surface area contributed by atoms with Crippen molar-refractivity contribution in [2.24, 2.45) is 5.92 Å². The number of likely N-dealkylation sites (tertiary alicyclic amines) is 2. The number of rotatable bonds is 4. The molecule has 0 unspecified atom stereocenters. The smallest absolute Gasteiger partial charge is 0.337 e. The molecular weight excluding hydrogens is 362 g/mol. The molecular formula is C20H27N3O5. The van der Waals surface area contributed by atoms with Crippen molar-refractivity contribution in [3.05, 3.63) is 23.8 Å². The van der Waals surface area contributed by atoms with Crippen LogP contribution >= 0.6 is 0 Å². The number of piperidine rings is 1. The van der Waals surface area contributed by atoms with Crippen LogP contribution in [0.25, 0.3) is 0 Å². The van der Waals surface area contributed by atoms with E-state index in [0.29, 0.717) is 42.9 Å². The monoisotopic (exact) mass is 389 g/mol. The maximum Gasteiger partial charge on any atom is 0.337 e. The molecule has 0 radical (unpaired) electrons. The maximum absolute atomic E-state index is 12.7. The summed E-state index contributed by atoms with van der Waals surface area (Å²) in [6.45, 7) is 2.76. The van der Waals surface area contributed by atoms with Crippen LogP contribution in [0, 0.1) is 5.92 Å². The van der Waals surface area contributed by atoms with E-state index in [1.54, 1.807) is 17.0 Å². The molecule has 0 spiro atoms. The molecule has 2 saturated heterocycles. The lowest BCUT2D eigenvalue weighted by molar-refractivity contribution is -0.135. The topological polar surface area (TPSA) is 88.2 Å². The van der Waals surface area contributed by atoms with Gasteiger partial charge in [0.05, 0.1) is 25.5 Å². The Morgan fingerprint density at radius 3 is 2.29 bits per heavy atom. The molecule has 8 heteroatoms. The van der Waals surface area contributed by atoms with Crippen molar-refractivity contribution >= 4 is 23.6 Å². The minimum absolute atomic E-state index is 0.000613. The number of anilines is 1. The molecule has 0 saturated carbocycles. The molecule has 0 aliphatic carbocycles. The lowest BCUT2D eigenvalue weighted by Crippen LogP contribution is -2.45. The van der Waals surface area contributed by atoms with E-state index in [-0.39, 0.29) is 17.9 Å². The molecule has 3 amide bonds. The lowest BCUT2D eigenvalue weighted by Gasteiger charge is -2.33. The van der Waals surface area contributed by atoms with Gasteiger partial charge in [0.2, 0.25) is 5.91 Å². The Hall–Kier alpha value is -2.77. The molecule has 2 aliphatic heterocycles. The second-order valence-electron chi connectivity index (χ2n) is 7.13. The van der Waals surface area contributed by atoms with E-state index in [1.807, 2.05) is 4.90 Å². The van der Waals surface area contributed by atoms with E-state index in [1.165, 1.54) is 20.3 Å². The predicted molar refractivity (Wildman–Crippen MR) is 103 cm³/mol. The van der Waals surface area contributed by atoms with Crippen LogP contribution in [-0.2, 0) is 9.53 Å². The van der Waals surface area contributed by atoms with Crippen LogP contribution in [0.15, 0.2) is 18.2 Å². The molecule has 2 heterocycles. The molecule has 1 aromatic carbocycles. The van der Waals surface area contributed by atoms with Gasteiger partial charge >= 0.3 is 12.0 Å². The molecule has 1 aromatic rings. The van der Waals surface area contributed by atoms with Crippen LogP contribution in [-0.4, -0.2) is 68.1 Å². The van der Waals surface area contributed by atoms with Crippen molar-refractivity contribution in [2.45, 2.75) is 25.7 Å². The molecule has 0 atom stereocenters. The van der Waals surface area contributed by atoms with Gasteiger partial charge in [0.15, 0.2) is 0 Å². The highest BCUT2D eigenvalue weighted by atomic mass is 16.5. The molecule has 8 nitrogen and oxygen atoms in total. The molecule has 152 valence electrons. The third-order valence-corrected chi connectivity index (χ3v) is 5.41. The van der Waals surface area contributed by atoms with Gasteiger partial charge in [-0.3, -0.25) is 4.79 Å². The number of esters is 1. The fourth-order valence-electron chi connectivity index (χ4n) is 3.77. The fourth-order valence-corrected chi connectivity index (χ4v) is 3.77. The summed E-state index contributed by atoms with van der Waals surface area (Å²) >= 11 is 0. The average Bonchev–Trinajstić information content (AvgIpc) is 3.27. The van der Waals surface area contributed by atoms with Crippen molar-refractivity contribution in [3.63, 3.8) is 0 Å². The second-order valence-corrected chi connectivity index (χ2v) is 7.13. The number of nitrogens with one attached hydrogen (secondary N) is 1. The Morgan fingerprint density at radius 1 is 1.00 bits per heavy atom. The SMILES string of the molecule is COC(=O)c1ccc(OC)c(NC(=O)N2CCC(C(=O)N3CCCC3)CC2)c1. The van der Waals surface area contributed by atoms with Gasteiger partial charge in [0, 0.05) is 32.1 Å². The molecule has 0 aromatic heterocycles. The number of carbonyl (C=O) groups is 3. The van der Waals surface area contributed by atoms with Gasteiger partial charge in [-0.05, 0) is 43.9 Å². The minimum Gasteiger partial charge on any atom is -0.495 e. The van der Waals surface area contributed by atoms with Crippen LogP contribution in [0.2, 0.25) is 0 Å². The lowest BCUT2D eigenvalue weighted by atomic mass is 9.95. The summed E-state index contributed by atoms with van der Waals surface area (Å²) < 4.78 is 10.00. The zero-order valence-corrected chi connectivity index (χ0v) is 16.4. The highest BCUT2D eigenvalue weighted by Crippen LogP contribution is 2.27. The van der Waals surface area contributed by atoms with Crippen molar-refractivity contribution in [2.75, 3.05) is 45.7 Å². The Bertz CT molecular complexity index is 737. The van der Waals surface area contributed by atoms with E-state index >= 15 is 0 Å². The molecule has 2 aliphatic rings. The van der Waals surface area contributed by atoms with Crippen molar-refractivity contribution < 1.29 is 23.9 Å².